The lowest BCUT2D eigenvalue weighted by molar-refractivity contribution is 0.251. The van der Waals surface area contributed by atoms with E-state index in [0.29, 0.717) is 21.3 Å². The van der Waals surface area contributed by atoms with Gasteiger partial charge in [0.1, 0.15) is 5.82 Å². The maximum atomic E-state index is 13.2. The van der Waals surface area contributed by atoms with Gasteiger partial charge in [0.05, 0.1) is 10.7 Å². The van der Waals surface area contributed by atoms with Crippen LogP contribution in [0.4, 0.5) is 14.9 Å². The van der Waals surface area contributed by atoms with Crippen LogP contribution in [0.15, 0.2) is 36.4 Å². The zero-order valence-corrected chi connectivity index (χ0v) is 12.7. The zero-order chi connectivity index (χ0) is 15.4. The molecular weight excluding hydrogens is 314 g/mol. The highest BCUT2D eigenvalue weighted by Crippen LogP contribution is 2.25. The van der Waals surface area contributed by atoms with Crippen LogP contribution in [-0.4, -0.2) is 6.03 Å². The number of rotatable bonds is 3. The smallest absolute Gasteiger partial charge is 0.319 e. The van der Waals surface area contributed by atoms with Crippen LogP contribution in [0, 0.1) is 12.7 Å². The molecule has 0 fully saturated rings. The summed E-state index contributed by atoms with van der Waals surface area (Å²) in [5.41, 5.74) is 2.07. The number of amides is 2. The number of urea groups is 1. The Kier molecular flexibility index (Phi) is 5.04. The van der Waals surface area contributed by atoms with Crippen LogP contribution in [0.2, 0.25) is 10.0 Å². The molecule has 2 aromatic rings. The second-order valence-corrected chi connectivity index (χ2v) is 5.35. The van der Waals surface area contributed by atoms with Crippen LogP contribution in [-0.2, 0) is 6.54 Å². The molecule has 3 nitrogen and oxygen atoms in total. The summed E-state index contributed by atoms with van der Waals surface area (Å²) in [5.74, 6) is -0.335. The minimum atomic E-state index is -0.428. The molecule has 2 aromatic carbocycles. The number of carbonyl (C=O) groups is 1. The highest BCUT2D eigenvalue weighted by Gasteiger charge is 2.07. The van der Waals surface area contributed by atoms with Gasteiger partial charge in [-0.2, -0.15) is 0 Å². The van der Waals surface area contributed by atoms with Gasteiger partial charge < -0.3 is 10.6 Å². The van der Waals surface area contributed by atoms with Crippen molar-refractivity contribution < 1.29 is 9.18 Å². The predicted molar refractivity (Wildman–Crippen MR) is 83.5 cm³/mol. The fourth-order valence-corrected chi connectivity index (χ4v) is 2.22. The zero-order valence-electron chi connectivity index (χ0n) is 11.2. The molecule has 2 N–H and O–H groups in total. The number of halogens is 3. The first-order chi connectivity index (χ1) is 9.95. The molecule has 110 valence electrons. The van der Waals surface area contributed by atoms with Gasteiger partial charge in [-0.25, -0.2) is 9.18 Å². The van der Waals surface area contributed by atoms with Gasteiger partial charge in [-0.15, -0.1) is 0 Å². The van der Waals surface area contributed by atoms with E-state index in [9.17, 15) is 9.18 Å². The van der Waals surface area contributed by atoms with E-state index in [1.165, 1.54) is 18.2 Å². The number of nitrogens with one attached hydrogen (secondary N) is 2. The van der Waals surface area contributed by atoms with Gasteiger partial charge in [0.25, 0.3) is 0 Å². The van der Waals surface area contributed by atoms with E-state index < -0.39 is 6.03 Å². The number of carbonyl (C=O) groups excluding carboxylic acids is 1. The monoisotopic (exact) mass is 326 g/mol. The van der Waals surface area contributed by atoms with Crippen LogP contribution in [0.25, 0.3) is 0 Å². The SMILES string of the molecule is Cc1ccc(F)cc1CNC(=O)Nc1ccc(Cl)cc1Cl. The molecule has 0 saturated heterocycles. The number of benzene rings is 2. The molecule has 0 aliphatic carbocycles. The Morgan fingerprint density at radius 1 is 1.19 bits per heavy atom. The minimum Gasteiger partial charge on any atom is -0.334 e. The van der Waals surface area contributed by atoms with Crippen molar-refractivity contribution in [3.05, 3.63) is 63.4 Å². The topological polar surface area (TPSA) is 41.1 Å². The van der Waals surface area contributed by atoms with Gasteiger partial charge >= 0.3 is 6.03 Å². The largest absolute Gasteiger partial charge is 0.334 e. The Labute approximate surface area is 132 Å². The molecule has 0 spiro atoms. The van der Waals surface area contributed by atoms with Crippen molar-refractivity contribution >= 4 is 34.9 Å². The average Bonchev–Trinajstić information content (AvgIpc) is 2.43. The third kappa shape index (κ3) is 4.34. The highest BCUT2D eigenvalue weighted by molar-refractivity contribution is 6.36. The summed E-state index contributed by atoms with van der Waals surface area (Å²) in [4.78, 5) is 11.8. The molecule has 0 aliphatic heterocycles. The first-order valence-corrected chi connectivity index (χ1v) is 6.96. The summed E-state index contributed by atoms with van der Waals surface area (Å²) in [6, 6.07) is 8.78. The first kappa shape index (κ1) is 15.6. The van der Waals surface area contributed by atoms with Gasteiger partial charge in [0.15, 0.2) is 0 Å². The molecule has 2 amide bonds. The molecule has 0 unspecified atom stereocenters. The standard InChI is InChI=1S/C15H13Cl2FN2O/c1-9-2-4-12(18)6-10(9)8-19-15(21)20-14-5-3-11(16)7-13(14)17/h2-7H,8H2,1H3,(H2,19,20,21). The molecule has 0 aromatic heterocycles. The third-order valence-corrected chi connectivity index (χ3v) is 3.48. The molecule has 2 rings (SSSR count). The summed E-state index contributed by atoms with van der Waals surface area (Å²) in [7, 11) is 0. The maximum absolute atomic E-state index is 13.2. The van der Waals surface area contributed by atoms with Crippen LogP contribution in [0.3, 0.4) is 0 Å². The van der Waals surface area contributed by atoms with E-state index in [0.717, 1.165) is 5.56 Å². The lowest BCUT2D eigenvalue weighted by atomic mass is 10.1. The molecule has 0 aliphatic rings. The van der Waals surface area contributed by atoms with Crippen LogP contribution in [0.1, 0.15) is 11.1 Å². The van der Waals surface area contributed by atoms with E-state index in [-0.39, 0.29) is 12.4 Å². The van der Waals surface area contributed by atoms with Gasteiger partial charge in [-0.1, -0.05) is 29.3 Å². The van der Waals surface area contributed by atoms with E-state index in [1.54, 1.807) is 18.2 Å². The van der Waals surface area contributed by atoms with Crippen molar-refractivity contribution in [3.63, 3.8) is 0 Å². The maximum Gasteiger partial charge on any atom is 0.319 e. The molecule has 6 heteroatoms. The Morgan fingerprint density at radius 3 is 2.67 bits per heavy atom. The van der Waals surface area contributed by atoms with Crippen molar-refractivity contribution in [1.82, 2.24) is 5.32 Å². The van der Waals surface area contributed by atoms with Crippen molar-refractivity contribution in [2.75, 3.05) is 5.32 Å². The first-order valence-electron chi connectivity index (χ1n) is 6.20. The Hall–Kier alpha value is -1.78. The normalized spacial score (nSPS) is 10.3. The van der Waals surface area contributed by atoms with Gasteiger partial charge in [0.2, 0.25) is 0 Å². The van der Waals surface area contributed by atoms with Gasteiger partial charge in [-0.3, -0.25) is 0 Å². The molecular formula is C15H13Cl2FN2O. The van der Waals surface area contributed by atoms with E-state index in [4.69, 9.17) is 23.2 Å². The van der Waals surface area contributed by atoms with Crippen molar-refractivity contribution in [1.29, 1.82) is 0 Å². The summed E-state index contributed by atoms with van der Waals surface area (Å²) in [6.07, 6.45) is 0. The third-order valence-electron chi connectivity index (χ3n) is 2.93. The molecule has 0 atom stereocenters. The highest BCUT2D eigenvalue weighted by atomic mass is 35.5. The van der Waals surface area contributed by atoms with E-state index in [2.05, 4.69) is 10.6 Å². The van der Waals surface area contributed by atoms with Crippen molar-refractivity contribution in [2.45, 2.75) is 13.5 Å². The number of hydrogen-bond acceptors (Lipinski definition) is 1. The number of aryl methyl sites for hydroxylation is 1. The fraction of sp³-hybridized carbons (Fsp3) is 0.133. The van der Waals surface area contributed by atoms with Crippen LogP contribution >= 0.6 is 23.2 Å². The minimum absolute atomic E-state index is 0.223. The summed E-state index contributed by atoms with van der Waals surface area (Å²) < 4.78 is 13.2. The molecule has 0 bridgehead atoms. The lowest BCUT2D eigenvalue weighted by Crippen LogP contribution is -2.28. The molecule has 0 radical (unpaired) electrons. The molecule has 0 saturated carbocycles. The Bertz CT molecular complexity index is 677. The molecule has 0 heterocycles. The van der Waals surface area contributed by atoms with Gasteiger partial charge in [0, 0.05) is 11.6 Å². The number of hydrogen-bond donors (Lipinski definition) is 2. The van der Waals surface area contributed by atoms with Crippen molar-refractivity contribution in [2.24, 2.45) is 0 Å². The van der Waals surface area contributed by atoms with Gasteiger partial charge in [-0.05, 0) is 48.4 Å². The average molecular weight is 327 g/mol. The number of anilines is 1. The molecule has 21 heavy (non-hydrogen) atoms. The quantitative estimate of drug-likeness (QED) is 0.838. The lowest BCUT2D eigenvalue weighted by Gasteiger charge is -2.10. The van der Waals surface area contributed by atoms with E-state index in [1.807, 2.05) is 6.92 Å². The summed E-state index contributed by atoms with van der Waals surface area (Å²) >= 11 is 11.7. The van der Waals surface area contributed by atoms with Crippen molar-refractivity contribution in [3.8, 4) is 0 Å². The van der Waals surface area contributed by atoms with E-state index >= 15 is 0 Å². The summed E-state index contributed by atoms with van der Waals surface area (Å²) in [5, 5.41) is 6.09. The predicted octanol–water partition coefficient (Wildman–Crippen LogP) is 4.76. The van der Waals surface area contributed by atoms with Crippen LogP contribution in [0.5, 0.6) is 0 Å². The second-order valence-electron chi connectivity index (χ2n) is 4.50. The summed E-state index contributed by atoms with van der Waals surface area (Å²) in [6.45, 7) is 2.07. The van der Waals surface area contributed by atoms with Crippen LogP contribution < -0.4 is 10.6 Å². The Morgan fingerprint density at radius 2 is 1.95 bits per heavy atom. The second kappa shape index (κ2) is 6.78. The Balaban J connectivity index is 1.97. The fourth-order valence-electron chi connectivity index (χ4n) is 1.76.